The Kier molecular flexibility index (Phi) is 3.05. The van der Waals surface area contributed by atoms with Crippen LogP contribution in [0.15, 0.2) is 48.6 Å². The predicted molar refractivity (Wildman–Crippen MR) is 87.6 cm³/mol. The van der Waals surface area contributed by atoms with E-state index in [4.69, 9.17) is 11.6 Å². The molecule has 2 aromatic rings. The fourth-order valence-electron chi connectivity index (χ4n) is 3.67. The van der Waals surface area contributed by atoms with Crippen molar-refractivity contribution in [3.05, 3.63) is 64.7 Å². The second kappa shape index (κ2) is 4.96. The summed E-state index contributed by atoms with van der Waals surface area (Å²) in [7, 11) is 0. The lowest BCUT2D eigenvalue weighted by Crippen LogP contribution is -2.29. The summed E-state index contributed by atoms with van der Waals surface area (Å²) in [6, 6.07) is 10.7. The van der Waals surface area contributed by atoms with Gasteiger partial charge < -0.3 is 15.5 Å². The van der Waals surface area contributed by atoms with Crippen LogP contribution < -0.4 is 5.32 Å². The van der Waals surface area contributed by atoms with Crippen molar-refractivity contribution in [2.75, 3.05) is 5.32 Å². The summed E-state index contributed by atoms with van der Waals surface area (Å²) in [6.07, 6.45) is 5.37. The van der Waals surface area contributed by atoms with E-state index < -0.39 is 0 Å². The molecule has 1 heterocycles. The van der Waals surface area contributed by atoms with Gasteiger partial charge >= 0.3 is 0 Å². The topological polar surface area (TPSA) is 52.5 Å². The molecule has 22 heavy (non-hydrogen) atoms. The molecule has 0 saturated heterocycles. The van der Waals surface area contributed by atoms with Gasteiger partial charge in [0.15, 0.2) is 0 Å². The Labute approximate surface area is 133 Å². The molecular weight excluding hydrogens is 298 g/mol. The number of nitrogens with one attached hydrogen (secondary N) is 1. The number of anilines is 1. The molecule has 3 unspecified atom stereocenters. The van der Waals surface area contributed by atoms with E-state index >= 15 is 0 Å². The van der Waals surface area contributed by atoms with E-state index in [2.05, 4.69) is 17.5 Å². The lowest BCUT2D eigenvalue weighted by molar-refractivity contribution is 0.398. The molecule has 3 atom stereocenters. The Morgan fingerprint density at radius 1 is 1.05 bits per heavy atom. The van der Waals surface area contributed by atoms with Crippen LogP contribution in [0.4, 0.5) is 5.69 Å². The van der Waals surface area contributed by atoms with Crippen molar-refractivity contribution in [2.45, 2.75) is 18.4 Å². The summed E-state index contributed by atoms with van der Waals surface area (Å²) >= 11 is 6.14. The second-order valence-electron chi connectivity index (χ2n) is 5.95. The molecule has 0 radical (unpaired) electrons. The quantitative estimate of drug-likeness (QED) is 0.676. The number of phenolic OH excluding ortho intramolecular Hbond substituents is 2. The van der Waals surface area contributed by atoms with Crippen molar-refractivity contribution in [3.63, 3.8) is 0 Å². The van der Waals surface area contributed by atoms with Crippen LogP contribution in [-0.2, 0) is 0 Å². The zero-order valence-corrected chi connectivity index (χ0v) is 12.6. The Hall–Kier alpha value is -2.13. The predicted octanol–water partition coefficient (Wildman–Crippen LogP) is 4.58. The summed E-state index contributed by atoms with van der Waals surface area (Å²) in [5, 5.41) is 24.0. The molecule has 0 spiro atoms. The van der Waals surface area contributed by atoms with Gasteiger partial charge in [-0.15, -0.1) is 0 Å². The normalized spacial score (nSPS) is 25.4. The summed E-state index contributed by atoms with van der Waals surface area (Å²) in [5.74, 6) is 0.834. The van der Waals surface area contributed by atoms with E-state index in [1.807, 2.05) is 18.2 Å². The summed E-state index contributed by atoms with van der Waals surface area (Å²) in [4.78, 5) is 0. The van der Waals surface area contributed by atoms with Crippen LogP contribution in [0.2, 0.25) is 5.02 Å². The molecule has 0 saturated carbocycles. The molecular formula is C18H16ClNO2. The van der Waals surface area contributed by atoms with Crippen molar-refractivity contribution in [3.8, 4) is 11.5 Å². The van der Waals surface area contributed by atoms with Crippen LogP contribution in [0.25, 0.3) is 0 Å². The first kappa shape index (κ1) is 13.5. The van der Waals surface area contributed by atoms with Crippen LogP contribution in [0.3, 0.4) is 0 Å². The van der Waals surface area contributed by atoms with E-state index in [1.54, 1.807) is 12.1 Å². The largest absolute Gasteiger partial charge is 0.508 e. The molecule has 2 aromatic carbocycles. The monoisotopic (exact) mass is 313 g/mol. The maximum Gasteiger partial charge on any atom is 0.124 e. The number of hydrogen-bond donors (Lipinski definition) is 3. The molecule has 3 nitrogen and oxygen atoms in total. The van der Waals surface area contributed by atoms with Crippen LogP contribution in [0, 0.1) is 5.92 Å². The third-order valence-electron chi connectivity index (χ3n) is 4.67. The highest BCUT2D eigenvalue weighted by atomic mass is 35.5. The van der Waals surface area contributed by atoms with Gasteiger partial charge in [-0.05, 0) is 48.2 Å². The van der Waals surface area contributed by atoms with Gasteiger partial charge in [0.25, 0.3) is 0 Å². The number of halogens is 1. The van der Waals surface area contributed by atoms with E-state index in [-0.39, 0.29) is 17.5 Å². The van der Waals surface area contributed by atoms with Gasteiger partial charge in [-0.1, -0.05) is 23.8 Å². The molecule has 1 aliphatic heterocycles. The van der Waals surface area contributed by atoms with E-state index in [9.17, 15) is 10.2 Å². The van der Waals surface area contributed by atoms with E-state index in [0.717, 1.165) is 22.7 Å². The minimum atomic E-state index is 0.00859. The molecule has 3 N–H and O–H groups in total. The number of fused-ring (bicyclic) bond motifs is 3. The van der Waals surface area contributed by atoms with Gasteiger partial charge in [0.1, 0.15) is 11.5 Å². The molecule has 2 aliphatic rings. The van der Waals surface area contributed by atoms with E-state index in [0.29, 0.717) is 11.8 Å². The zero-order valence-electron chi connectivity index (χ0n) is 11.8. The third kappa shape index (κ3) is 2.04. The Balaban J connectivity index is 1.81. The van der Waals surface area contributed by atoms with Crippen molar-refractivity contribution in [2.24, 2.45) is 5.92 Å². The molecule has 0 aromatic heterocycles. The Morgan fingerprint density at radius 3 is 2.73 bits per heavy atom. The fourth-order valence-corrected chi connectivity index (χ4v) is 3.85. The molecule has 4 rings (SSSR count). The highest BCUT2D eigenvalue weighted by molar-refractivity contribution is 6.30. The van der Waals surface area contributed by atoms with Crippen molar-refractivity contribution in [1.29, 1.82) is 0 Å². The van der Waals surface area contributed by atoms with Crippen molar-refractivity contribution in [1.82, 2.24) is 0 Å². The Morgan fingerprint density at radius 2 is 1.91 bits per heavy atom. The summed E-state index contributed by atoms with van der Waals surface area (Å²) in [5.41, 5.74) is 3.08. The highest BCUT2D eigenvalue weighted by Gasteiger charge is 2.38. The molecule has 112 valence electrons. The minimum absolute atomic E-state index is 0.00859. The van der Waals surface area contributed by atoms with E-state index in [1.165, 1.54) is 11.6 Å². The number of phenols is 2. The van der Waals surface area contributed by atoms with Crippen molar-refractivity contribution >= 4 is 17.3 Å². The van der Waals surface area contributed by atoms with Gasteiger partial charge in [-0.2, -0.15) is 0 Å². The summed E-state index contributed by atoms with van der Waals surface area (Å²) < 4.78 is 0. The first-order valence-electron chi connectivity index (χ1n) is 7.38. The number of allylic oxidation sites excluding steroid dienone is 2. The lowest BCUT2D eigenvalue weighted by atomic mass is 9.77. The first-order chi connectivity index (χ1) is 10.6. The summed E-state index contributed by atoms with van der Waals surface area (Å²) in [6.45, 7) is 0. The lowest BCUT2D eigenvalue weighted by Gasteiger charge is -2.37. The average Bonchev–Trinajstić information content (AvgIpc) is 2.97. The van der Waals surface area contributed by atoms with Gasteiger partial charge in [0.05, 0.1) is 6.04 Å². The average molecular weight is 314 g/mol. The first-order valence-corrected chi connectivity index (χ1v) is 7.76. The van der Waals surface area contributed by atoms with Crippen LogP contribution >= 0.6 is 11.6 Å². The van der Waals surface area contributed by atoms with Gasteiger partial charge in [-0.3, -0.25) is 0 Å². The van der Waals surface area contributed by atoms with Crippen LogP contribution in [0.1, 0.15) is 29.5 Å². The van der Waals surface area contributed by atoms with Gasteiger partial charge in [0, 0.05) is 28.3 Å². The number of rotatable bonds is 1. The fraction of sp³-hybridized carbons (Fsp3) is 0.222. The van der Waals surface area contributed by atoms with Crippen molar-refractivity contribution < 1.29 is 10.2 Å². The Bertz CT molecular complexity index is 772. The maximum atomic E-state index is 10.2. The molecule has 0 amide bonds. The number of hydrogen-bond acceptors (Lipinski definition) is 3. The second-order valence-corrected chi connectivity index (χ2v) is 6.39. The maximum absolute atomic E-state index is 10.2. The molecule has 4 heteroatoms. The minimum Gasteiger partial charge on any atom is -0.508 e. The number of benzene rings is 2. The number of aromatic hydroxyl groups is 2. The SMILES string of the molecule is Oc1ccc(C2Nc3ccc(Cl)cc3C3C=CCC32)c(O)c1. The third-order valence-corrected chi connectivity index (χ3v) is 4.91. The van der Waals surface area contributed by atoms with Crippen LogP contribution in [0.5, 0.6) is 11.5 Å². The molecule has 0 bridgehead atoms. The molecule has 1 aliphatic carbocycles. The van der Waals surface area contributed by atoms with Gasteiger partial charge in [0.2, 0.25) is 0 Å². The molecule has 0 fully saturated rings. The standard InChI is InChI=1S/C18H16ClNO2/c19-10-4-7-16-15(8-10)12-2-1-3-13(12)18(20-16)14-6-5-11(21)9-17(14)22/h1-2,4-9,12-13,18,20-22H,3H2. The zero-order chi connectivity index (χ0) is 15.3. The highest BCUT2D eigenvalue weighted by Crippen LogP contribution is 2.51. The smallest absolute Gasteiger partial charge is 0.124 e. The van der Waals surface area contributed by atoms with Gasteiger partial charge in [-0.25, -0.2) is 0 Å². The van der Waals surface area contributed by atoms with Crippen LogP contribution in [-0.4, -0.2) is 10.2 Å².